The zero-order valence-corrected chi connectivity index (χ0v) is 13.8. The molecule has 0 saturated heterocycles. The molecule has 1 aromatic carbocycles. The van der Waals surface area contributed by atoms with Crippen LogP contribution >= 0.6 is 11.6 Å². The van der Waals surface area contributed by atoms with Gasteiger partial charge in [0.1, 0.15) is 13.1 Å². The molecule has 0 radical (unpaired) electrons. The van der Waals surface area contributed by atoms with Crippen LogP contribution in [0.2, 0.25) is 5.02 Å². The average molecular weight is 346 g/mol. The van der Waals surface area contributed by atoms with Gasteiger partial charge in [-0.3, -0.25) is 4.79 Å². The highest BCUT2D eigenvalue weighted by molar-refractivity contribution is 6.30. The largest absolute Gasteiger partial charge is 0.463 e. The van der Waals surface area contributed by atoms with Gasteiger partial charge < -0.3 is 19.1 Å². The molecule has 124 valence electrons. The molecule has 3 rings (SSSR count). The number of anilines is 1. The third-order valence-corrected chi connectivity index (χ3v) is 3.76. The maximum atomic E-state index is 12.4. The predicted octanol–water partition coefficient (Wildman–Crippen LogP) is 2.75. The Labute approximate surface area is 144 Å². The first kappa shape index (κ1) is 16.4. The third kappa shape index (κ3) is 4.75. The maximum absolute atomic E-state index is 12.4. The van der Waals surface area contributed by atoms with Crippen molar-refractivity contribution in [1.29, 1.82) is 0 Å². The van der Waals surface area contributed by atoms with Gasteiger partial charge in [0.2, 0.25) is 0 Å². The molecule has 2 N–H and O–H groups in total. The molecule has 0 fully saturated rings. The van der Waals surface area contributed by atoms with Crippen molar-refractivity contribution in [2.75, 3.05) is 11.9 Å². The summed E-state index contributed by atoms with van der Waals surface area (Å²) < 4.78 is 10.8. The molecule has 0 atom stereocenters. The molecule has 2 heterocycles. The Balaban J connectivity index is 1.64. The van der Waals surface area contributed by atoms with Crippen molar-refractivity contribution in [2.45, 2.75) is 13.1 Å². The molecule has 1 amide bonds. The Morgan fingerprint density at radius 1 is 1.00 bits per heavy atom. The molecule has 5 nitrogen and oxygen atoms in total. The summed E-state index contributed by atoms with van der Waals surface area (Å²) >= 11 is 5.94. The van der Waals surface area contributed by atoms with Crippen molar-refractivity contribution in [3.05, 3.63) is 77.6 Å². The number of carbonyl (C=O) groups is 1. The quantitative estimate of drug-likeness (QED) is 0.692. The van der Waals surface area contributed by atoms with Gasteiger partial charge in [-0.25, -0.2) is 0 Å². The first-order valence-corrected chi connectivity index (χ1v) is 8.00. The van der Waals surface area contributed by atoms with Crippen molar-refractivity contribution in [2.24, 2.45) is 0 Å². The fourth-order valence-electron chi connectivity index (χ4n) is 2.51. The SMILES string of the molecule is O=C(C[NH+](Cc1ccco1)Cc1ccco1)Nc1cccc(Cl)c1. The number of hydrogen-bond donors (Lipinski definition) is 2. The van der Waals surface area contributed by atoms with Crippen molar-refractivity contribution in [1.82, 2.24) is 0 Å². The summed E-state index contributed by atoms with van der Waals surface area (Å²) in [6, 6.07) is 14.6. The van der Waals surface area contributed by atoms with Crippen LogP contribution in [0.5, 0.6) is 0 Å². The second-order valence-electron chi connectivity index (χ2n) is 5.50. The number of furan rings is 2. The first-order valence-electron chi connectivity index (χ1n) is 7.63. The number of halogens is 1. The summed E-state index contributed by atoms with van der Waals surface area (Å²) in [5, 5.41) is 3.45. The van der Waals surface area contributed by atoms with Gasteiger partial charge >= 0.3 is 0 Å². The summed E-state index contributed by atoms with van der Waals surface area (Å²) in [6.45, 7) is 1.47. The second-order valence-corrected chi connectivity index (χ2v) is 5.93. The van der Waals surface area contributed by atoms with Crippen molar-refractivity contribution in [3.8, 4) is 0 Å². The van der Waals surface area contributed by atoms with Gasteiger partial charge in [-0.1, -0.05) is 17.7 Å². The van der Waals surface area contributed by atoms with Gasteiger partial charge in [0.25, 0.3) is 5.91 Å². The van der Waals surface area contributed by atoms with E-state index in [0.717, 1.165) is 16.4 Å². The van der Waals surface area contributed by atoms with E-state index in [9.17, 15) is 4.79 Å². The molecule has 2 aromatic heterocycles. The van der Waals surface area contributed by atoms with E-state index in [1.54, 1.807) is 30.7 Å². The Hall–Kier alpha value is -2.50. The number of nitrogens with one attached hydrogen (secondary N) is 2. The fraction of sp³-hybridized carbons (Fsp3) is 0.167. The number of quaternary nitrogens is 1. The van der Waals surface area contributed by atoms with E-state index in [1.807, 2.05) is 30.3 Å². The lowest BCUT2D eigenvalue weighted by molar-refractivity contribution is -0.921. The van der Waals surface area contributed by atoms with Gasteiger partial charge in [-0.15, -0.1) is 0 Å². The number of amides is 1. The van der Waals surface area contributed by atoms with Gasteiger partial charge in [0, 0.05) is 10.7 Å². The van der Waals surface area contributed by atoms with Gasteiger partial charge in [0.15, 0.2) is 18.1 Å². The monoisotopic (exact) mass is 345 g/mol. The maximum Gasteiger partial charge on any atom is 0.279 e. The van der Waals surface area contributed by atoms with Crippen LogP contribution in [0.15, 0.2) is 69.9 Å². The lowest BCUT2D eigenvalue weighted by atomic mass is 10.3. The second kappa shape index (κ2) is 7.86. The van der Waals surface area contributed by atoms with Gasteiger partial charge in [-0.05, 0) is 42.5 Å². The Bertz CT molecular complexity index is 733. The van der Waals surface area contributed by atoms with Gasteiger partial charge in [-0.2, -0.15) is 0 Å². The normalized spacial score (nSPS) is 10.9. The molecule has 0 bridgehead atoms. The summed E-state index contributed by atoms with van der Waals surface area (Å²) in [5.41, 5.74) is 0.683. The van der Waals surface area contributed by atoms with Crippen LogP contribution in [-0.4, -0.2) is 12.5 Å². The van der Waals surface area contributed by atoms with E-state index in [-0.39, 0.29) is 12.5 Å². The number of hydrogen-bond acceptors (Lipinski definition) is 3. The van der Waals surface area contributed by atoms with E-state index in [1.165, 1.54) is 0 Å². The highest BCUT2D eigenvalue weighted by atomic mass is 35.5. The van der Waals surface area contributed by atoms with Crippen molar-refractivity contribution in [3.63, 3.8) is 0 Å². The molecule has 0 spiro atoms. The minimum atomic E-state index is -0.0922. The molecule has 24 heavy (non-hydrogen) atoms. The molecule has 0 unspecified atom stereocenters. The van der Waals surface area contributed by atoms with Crippen LogP contribution in [0.3, 0.4) is 0 Å². The molecule has 6 heteroatoms. The fourth-order valence-corrected chi connectivity index (χ4v) is 2.70. The highest BCUT2D eigenvalue weighted by Gasteiger charge is 2.18. The van der Waals surface area contributed by atoms with E-state index in [2.05, 4.69) is 5.32 Å². The van der Waals surface area contributed by atoms with E-state index < -0.39 is 0 Å². The van der Waals surface area contributed by atoms with Crippen LogP contribution < -0.4 is 10.2 Å². The molecule has 3 aromatic rings. The lowest BCUT2D eigenvalue weighted by Gasteiger charge is -2.17. The zero-order valence-electron chi connectivity index (χ0n) is 13.0. The third-order valence-electron chi connectivity index (χ3n) is 3.53. The lowest BCUT2D eigenvalue weighted by Crippen LogP contribution is -3.10. The topological polar surface area (TPSA) is 59.8 Å². The molecule has 0 saturated carbocycles. The molecular formula is C18H18ClN2O3+. The zero-order chi connectivity index (χ0) is 16.8. The highest BCUT2D eigenvalue weighted by Crippen LogP contribution is 2.14. The number of carbonyl (C=O) groups excluding carboxylic acids is 1. The van der Waals surface area contributed by atoms with Gasteiger partial charge in [0.05, 0.1) is 12.5 Å². The standard InChI is InChI=1S/C18H17ClN2O3/c19-14-4-1-5-15(10-14)20-18(22)13-21(11-16-6-2-8-23-16)12-17-7-3-9-24-17/h1-10H,11-13H2,(H,20,22)/p+1. The van der Waals surface area contributed by atoms with Crippen molar-refractivity contribution >= 4 is 23.2 Å². The summed E-state index contributed by atoms with van der Waals surface area (Å²) in [6.07, 6.45) is 3.26. The van der Waals surface area contributed by atoms with Crippen LogP contribution in [-0.2, 0) is 17.9 Å². The minimum absolute atomic E-state index is 0.0922. The Kier molecular flexibility index (Phi) is 5.36. The first-order chi connectivity index (χ1) is 11.7. The van der Waals surface area contributed by atoms with Crippen LogP contribution in [0, 0.1) is 0 Å². The molecule has 0 aliphatic heterocycles. The van der Waals surface area contributed by atoms with E-state index in [4.69, 9.17) is 20.4 Å². The van der Waals surface area contributed by atoms with E-state index >= 15 is 0 Å². The van der Waals surface area contributed by atoms with Crippen molar-refractivity contribution < 1.29 is 18.5 Å². The minimum Gasteiger partial charge on any atom is -0.463 e. The summed E-state index contributed by atoms with van der Waals surface area (Å²) in [5.74, 6) is 1.56. The summed E-state index contributed by atoms with van der Waals surface area (Å²) in [4.78, 5) is 13.4. The molecule has 0 aliphatic rings. The molecular weight excluding hydrogens is 328 g/mol. The Morgan fingerprint density at radius 2 is 1.67 bits per heavy atom. The number of benzene rings is 1. The Morgan fingerprint density at radius 3 is 2.21 bits per heavy atom. The summed E-state index contributed by atoms with van der Waals surface area (Å²) in [7, 11) is 0. The van der Waals surface area contributed by atoms with E-state index in [0.29, 0.717) is 23.8 Å². The number of rotatable bonds is 7. The van der Waals surface area contributed by atoms with Crippen LogP contribution in [0.4, 0.5) is 5.69 Å². The average Bonchev–Trinajstić information content (AvgIpc) is 3.21. The smallest absolute Gasteiger partial charge is 0.279 e. The molecule has 0 aliphatic carbocycles. The van der Waals surface area contributed by atoms with Crippen LogP contribution in [0.1, 0.15) is 11.5 Å². The predicted molar refractivity (Wildman–Crippen MR) is 90.7 cm³/mol. The van der Waals surface area contributed by atoms with Crippen LogP contribution in [0.25, 0.3) is 0 Å².